The van der Waals surface area contributed by atoms with Gasteiger partial charge in [-0.25, -0.2) is 0 Å². The van der Waals surface area contributed by atoms with Crippen LogP contribution < -0.4 is 4.74 Å². The topological polar surface area (TPSA) is 26.3 Å². The third kappa shape index (κ3) is 4.19. The van der Waals surface area contributed by atoms with E-state index >= 15 is 0 Å². The molecule has 0 fully saturated rings. The molecule has 2 rings (SSSR count). The fraction of sp³-hybridized carbons (Fsp3) is 0.0714. The zero-order valence-electron chi connectivity index (χ0n) is 9.70. The zero-order valence-corrected chi connectivity index (χ0v) is 14.2. The predicted octanol–water partition coefficient (Wildman–Crippen LogP) is 4.97. The van der Waals surface area contributed by atoms with E-state index in [1.807, 2.05) is 18.2 Å². The molecule has 0 aliphatic heterocycles. The Hall–Kier alpha value is -0.590. The first-order chi connectivity index (χ1) is 9.06. The largest absolute Gasteiger partial charge is 0.484 e. The lowest BCUT2D eigenvalue weighted by Crippen LogP contribution is -2.11. The van der Waals surface area contributed by atoms with Crippen LogP contribution in [0.25, 0.3) is 0 Å². The minimum Gasteiger partial charge on any atom is -0.484 e. The number of benzene rings is 2. The summed E-state index contributed by atoms with van der Waals surface area (Å²) in [6.07, 6.45) is 0. The molecular formula is C14H9BrClIO2. The molecule has 0 aromatic heterocycles. The Labute approximate surface area is 138 Å². The molecule has 0 bridgehead atoms. The number of hydrogen-bond donors (Lipinski definition) is 0. The van der Waals surface area contributed by atoms with E-state index in [0.717, 1.165) is 8.04 Å². The molecule has 2 aromatic carbocycles. The van der Waals surface area contributed by atoms with Gasteiger partial charge in [-0.3, -0.25) is 4.79 Å². The molecule has 19 heavy (non-hydrogen) atoms. The van der Waals surface area contributed by atoms with Crippen LogP contribution in [0, 0.1) is 3.57 Å². The molecule has 0 aliphatic carbocycles. The minimum atomic E-state index is -0.0737. The van der Waals surface area contributed by atoms with Gasteiger partial charge < -0.3 is 4.74 Å². The number of carbonyl (C=O) groups excluding carboxylic acids is 1. The van der Waals surface area contributed by atoms with Crippen molar-refractivity contribution in [2.24, 2.45) is 0 Å². The molecule has 2 aromatic rings. The first kappa shape index (κ1) is 14.8. The van der Waals surface area contributed by atoms with Gasteiger partial charge in [-0.1, -0.05) is 39.7 Å². The van der Waals surface area contributed by atoms with Gasteiger partial charge in [0, 0.05) is 13.6 Å². The van der Waals surface area contributed by atoms with E-state index in [0.29, 0.717) is 16.3 Å². The molecule has 98 valence electrons. The Morgan fingerprint density at radius 2 is 1.89 bits per heavy atom. The van der Waals surface area contributed by atoms with Crippen molar-refractivity contribution >= 4 is 55.9 Å². The molecule has 2 nitrogen and oxygen atoms in total. The third-order valence-electron chi connectivity index (χ3n) is 2.42. The minimum absolute atomic E-state index is 0.0258. The number of ether oxygens (including phenoxy) is 1. The van der Waals surface area contributed by atoms with Gasteiger partial charge in [-0.05, 0) is 52.9 Å². The monoisotopic (exact) mass is 450 g/mol. The first-order valence-corrected chi connectivity index (χ1v) is 7.68. The molecule has 0 amide bonds. The summed E-state index contributed by atoms with van der Waals surface area (Å²) in [6.45, 7) is -0.0258. The average Bonchev–Trinajstić information content (AvgIpc) is 2.38. The van der Waals surface area contributed by atoms with Crippen LogP contribution in [0.15, 0.2) is 46.9 Å². The summed E-state index contributed by atoms with van der Waals surface area (Å²) in [6, 6.07) is 12.6. The highest BCUT2D eigenvalue weighted by molar-refractivity contribution is 14.1. The highest BCUT2D eigenvalue weighted by Crippen LogP contribution is 2.27. The van der Waals surface area contributed by atoms with Crippen LogP contribution in [-0.2, 0) is 0 Å². The van der Waals surface area contributed by atoms with E-state index in [9.17, 15) is 4.79 Å². The number of halogens is 3. The Bertz CT molecular complexity index is 599. The van der Waals surface area contributed by atoms with Gasteiger partial charge in [-0.2, -0.15) is 0 Å². The molecule has 5 heteroatoms. The predicted molar refractivity (Wildman–Crippen MR) is 88.1 cm³/mol. The summed E-state index contributed by atoms with van der Waals surface area (Å²) in [7, 11) is 0. The van der Waals surface area contributed by atoms with Gasteiger partial charge in [0.15, 0.2) is 12.4 Å². The smallest absolute Gasteiger partial charge is 0.200 e. The van der Waals surface area contributed by atoms with Crippen LogP contribution in [0.5, 0.6) is 5.75 Å². The standard InChI is InChI=1S/C14H9BrClIO2/c15-10-3-6-14(12(16)7-10)19-8-13(18)9-1-4-11(17)5-2-9/h1-7H,8H2. The fourth-order valence-corrected chi connectivity index (χ4v) is 2.54. The zero-order chi connectivity index (χ0) is 13.8. The maximum atomic E-state index is 11.9. The summed E-state index contributed by atoms with van der Waals surface area (Å²) in [5.74, 6) is 0.430. The van der Waals surface area contributed by atoms with E-state index < -0.39 is 0 Å². The molecule has 0 spiro atoms. The average molecular weight is 451 g/mol. The van der Waals surface area contributed by atoms with Gasteiger partial charge in [0.1, 0.15) is 5.75 Å². The second-order valence-electron chi connectivity index (χ2n) is 3.79. The second-order valence-corrected chi connectivity index (χ2v) is 6.36. The summed E-state index contributed by atoms with van der Waals surface area (Å²) < 4.78 is 7.39. The van der Waals surface area contributed by atoms with E-state index in [4.69, 9.17) is 16.3 Å². The maximum Gasteiger partial charge on any atom is 0.200 e. The SMILES string of the molecule is O=C(COc1ccc(Br)cc1Cl)c1ccc(I)cc1. The summed E-state index contributed by atoms with van der Waals surface area (Å²) in [5.41, 5.74) is 0.633. The molecular weight excluding hydrogens is 442 g/mol. The van der Waals surface area contributed by atoms with Crippen molar-refractivity contribution in [1.29, 1.82) is 0 Å². The Balaban J connectivity index is 2.02. The van der Waals surface area contributed by atoms with Crippen LogP contribution in [0.2, 0.25) is 5.02 Å². The number of hydrogen-bond acceptors (Lipinski definition) is 2. The molecule has 0 saturated heterocycles. The van der Waals surface area contributed by atoms with Crippen molar-refractivity contribution < 1.29 is 9.53 Å². The Morgan fingerprint density at radius 3 is 2.53 bits per heavy atom. The number of ketones is 1. The molecule has 0 aliphatic rings. The normalized spacial score (nSPS) is 10.3. The lowest BCUT2D eigenvalue weighted by Gasteiger charge is -2.07. The number of carbonyl (C=O) groups is 1. The number of rotatable bonds is 4. The van der Waals surface area contributed by atoms with Crippen LogP contribution in [0.1, 0.15) is 10.4 Å². The first-order valence-electron chi connectivity index (χ1n) is 5.43. The highest BCUT2D eigenvalue weighted by atomic mass is 127. The van der Waals surface area contributed by atoms with Crippen molar-refractivity contribution in [3.05, 3.63) is 61.1 Å². The third-order valence-corrected chi connectivity index (χ3v) is 3.93. The van der Waals surface area contributed by atoms with Crippen molar-refractivity contribution in [3.8, 4) is 5.75 Å². The quantitative estimate of drug-likeness (QED) is 0.485. The second kappa shape index (κ2) is 6.72. The summed E-state index contributed by atoms with van der Waals surface area (Å²) in [4.78, 5) is 11.9. The lowest BCUT2D eigenvalue weighted by atomic mass is 10.1. The lowest BCUT2D eigenvalue weighted by molar-refractivity contribution is 0.0921. The highest BCUT2D eigenvalue weighted by Gasteiger charge is 2.08. The molecule has 0 saturated carbocycles. The maximum absolute atomic E-state index is 11.9. The van der Waals surface area contributed by atoms with Crippen LogP contribution in [-0.4, -0.2) is 12.4 Å². The van der Waals surface area contributed by atoms with Crippen molar-refractivity contribution in [1.82, 2.24) is 0 Å². The fourth-order valence-electron chi connectivity index (χ4n) is 1.45. The van der Waals surface area contributed by atoms with Gasteiger partial charge >= 0.3 is 0 Å². The van der Waals surface area contributed by atoms with Crippen molar-refractivity contribution in [2.45, 2.75) is 0 Å². The molecule has 0 N–H and O–H groups in total. The van der Waals surface area contributed by atoms with Crippen LogP contribution >= 0.6 is 50.1 Å². The van der Waals surface area contributed by atoms with E-state index in [1.54, 1.807) is 24.3 Å². The summed E-state index contributed by atoms with van der Waals surface area (Å²) in [5, 5.41) is 0.477. The molecule has 0 unspecified atom stereocenters. The molecule has 0 radical (unpaired) electrons. The van der Waals surface area contributed by atoms with E-state index in [2.05, 4.69) is 38.5 Å². The van der Waals surface area contributed by atoms with Gasteiger partial charge in [-0.15, -0.1) is 0 Å². The Kier molecular flexibility index (Phi) is 5.24. The van der Waals surface area contributed by atoms with Crippen LogP contribution in [0.3, 0.4) is 0 Å². The van der Waals surface area contributed by atoms with Gasteiger partial charge in [0.25, 0.3) is 0 Å². The van der Waals surface area contributed by atoms with Crippen molar-refractivity contribution in [3.63, 3.8) is 0 Å². The van der Waals surface area contributed by atoms with Gasteiger partial charge in [0.2, 0.25) is 0 Å². The van der Waals surface area contributed by atoms with E-state index in [-0.39, 0.29) is 12.4 Å². The molecule has 0 atom stereocenters. The Morgan fingerprint density at radius 1 is 1.21 bits per heavy atom. The van der Waals surface area contributed by atoms with E-state index in [1.165, 1.54) is 0 Å². The van der Waals surface area contributed by atoms with Crippen molar-refractivity contribution in [2.75, 3.05) is 6.61 Å². The number of Topliss-reactive ketones (excluding diaryl/α,β-unsaturated/α-hetero) is 1. The molecule has 0 heterocycles. The summed E-state index contributed by atoms with van der Waals surface area (Å²) >= 11 is 11.5. The van der Waals surface area contributed by atoms with Gasteiger partial charge in [0.05, 0.1) is 5.02 Å². The van der Waals surface area contributed by atoms with Crippen LogP contribution in [0.4, 0.5) is 0 Å².